The Hall–Kier alpha value is -0.860. The normalized spacial score (nSPS) is 23.5. The first-order valence-corrected chi connectivity index (χ1v) is 7.91. The Morgan fingerprint density at radius 3 is 3.00 bits per heavy atom. The fourth-order valence-electron chi connectivity index (χ4n) is 3.64. The molecule has 0 saturated carbocycles. The second-order valence-electron chi connectivity index (χ2n) is 6.09. The summed E-state index contributed by atoms with van der Waals surface area (Å²) < 4.78 is 0. The average molecular weight is 258 g/mol. The van der Waals surface area contributed by atoms with Crippen LogP contribution in [0.1, 0.15) is 42.9 Å². The van der Waals surface area contributed by atoms with Crippen molar-refractivity contribution in [3.8, 4) is 0 Å². The number of piperidine rings is 1. The van der Waals surface area contributed by atoms with Gasteiger partial charge < -0.3 is 5.32 Å². The third-order valence-corrected chi connectivity index (χ3v) is 4.57. The molecule has 3 rings (SSSR count). The van der Waals surface area contributed by atoms with Crippen LogP contribution in [0.25, 0.3) is 0 Å². The van der Waals surface area contributed by atoms with Gasteiger partial charge in [0.05, 0.1) is 0 Å². The fourth-order valence-corrected chi connectivity index (χ4v) is 3.64. The number of likely N-dealkylation sites (tertiary alicyclic amines) is 1. The van der Waals surface area contributed by atoms with Crippen LogP contribution in [0, 0.1) is 0 Å². The SMILES string of the molecule is CCNC1CCCN(Cc2ccc3c(c2)CCC3)C1. The first-order valence-electron chi connectivity index (χ1n) is 7.91. The molecule has 1 heterocycles. The van der Waals surface area contributed by atoms with Crippen LogP contribution in [0.15, 0.2) is 18.2 Å². The highest BCUT2D eigenvalue weighted by Gasteiger charge is 2.19. The smallest absolute Gasteiger partial charge is 0.0234 e. The van der Waals surface area contributed by atoms with Crippen molar-refractivity contribution in [1.82, 2.24) is 10.2 Å². The maximum Gasteiger partial charge on any atom is 0.0234 e. The standard InChI is InChI=1S/C17H26N2/c1-2-18-17-7-4-10-19(13-17)12-14-8-9-15-5-3-6-16(15)11-14/h8-9,11,17-18H,2-7,10,12-13H2,1H3. The summed E-state index contributed by atoms with van der Waals surface area (Å²) >= 11 is 0. The summed E-state index contributed by atoms with van der Waals surface area (Å²) in [7, 11) is 0. The van der Waals surface area contributed by atoms with Gasteiger partial charge in [0.1, 0.15) is 0 Å². The van der Waals surface area contributed by atoms with Gasteiger partial charge in [0.25, 0.3) is 0 Å². The minimum atomic E-state index is 0.702. The van der Waals surface area contributed by atoms with Crippen molar-refractivity contribution < 1.29 is 0 Å². The van der Waals surface area contributed by atoms with Crippen molar-refractivity contribution in [2.75, 3.05) is 19.6 Å². The Labute approximate surface area is 117 Å². The maximum atomic E-state index is 3.60. The lowest BCUT2D eigenvalue weighted by atomic mass is 10.0. The molecule has 1 N–H and O–H groups in total. The van der Waals surface area contributed by atoms with E-state index in [2.05, 4.69) is 35.3 Å². The van der Waals surface area contributed by atoms with Gasteiger partial charge in [0.2, 0.25) is 0 Å². The van der Waals surface area contributed by atoms with Crippen molar-refractivity contribution >= 4 is 0 Å². The first-order chi connectivity index (χ1) is 9.35. The summed E-state index contributed by atoms with van der Waals surface area (Å²) in [4.78, 5) is 2.62. The molecular formula is C17H26N2. The predicted octanol–water partition coefficient (Wildman–Crippen LogP) is 2.75. The number of nitrogens with one attached hydrogen (secondary N) is 1. The Bertz CT molecular complexity index is 425. The van der Waals surface area contributed by atoms with Gasteiger partial charge >= 0.3 is 0 Å². The third-order valence-electron chi connectivity index (χ3n) is 4.57. The maximum absolute atomic E-state index is 3.60. The summed E-state index contributed by atoms with van der Waals surface area (Å²) in [5.41, 5.74) is 4.71. The molecule has 2 heteroatoms. The monoisotopic (exact) mass is 258 g/mol. The Morgan fingerprint density at radius 1 is 1.21 bits per heavy atom. The third kappa shape index (κ3) is 3.18. The van der Waals surface area contributed by atoms with Gasteiger partial charge in [-0.2, -0.15) is 0 Å². The average Bonchev–Trinajstić information content (AvgIpc) is 2.87. The summed E-state index contributed by atoms with van der Waals surface area (Å²) in [6.07, 6.45) is 6.62. The second kappa shape index (κ2) is 6.06. The van der Waals surface area contributed by atoms with Gasteiger partial charge in [-0.15, -0.1) is 0 Å². The molecule has 1 aliphatic carbocycles. The van der Waals surface area contributed by atoms with E-state index in [1.54, 1.807) is 11.1 Å². The van der Waals surface area contributed by atoms with E-state index in [4.69, 9.17) is 0 Å². The zero-order valence-electron chi connectivity index (χ0n) is 12.1. The Morgan fingerprint density at radius 2 is 2.11 bits per heavy atom. The van der Waals surface area contributed by atoms with E-state index in [1.807, 2.05) is 0 Å². The molecule has 0 bridgehead atoms. The number of likely N-dealkylation sites (N-methyl/N-ethyl adjacent to an activating group) is 1. The van der Waals surface area contributed by atoms with Crippen molar-refractivity contribution in [3.05, 3.63) is 34.9 Å². The largest absolute Gasteiger partial charge is 0.313 e. The predicted molar refractivity (Wildman–Crippen MR) is 80.4 cm³/mol. The molecule has 1 aliphatic heterocycles. The molecule has 1 atom stereocenters. The van der Waals surface area contributed by atoms with E-state index in [0.717, 1.165) is 13.1 Å². The number of hydrogen-bond donors (Lipinski definition) is 1. The highest BCUT2D eigenvalue weighted by Crippen LogP contribution is 2.24. The van der Waals surface area contributed by atoms with E-state index >= 15 is 0 Å². The molecule has 2 nitrogen and oxygen atoms in total. The molecule has 1 saturated heterocycles. The topological polar surface area (TPSA) is 15.3 Å². The molecule has 2 aliphatic rings. The molecule has 0 radical (unpaired) electrons. The summed E-state index contributed by atoms with van der Waals surface area (Å²) in [6, 6.07) is 7.87. The van der Waals surface area contributed by atoms with Crippen LogP contribution < -0.4 is 5.32 Å². The molecule has 0 spiro atoms. The molecule has 1 unspecified atom stereocenters. The minimum absolute atomic E-state index is 0.702. The molecular weight excluding hydrogens is 232 g/mol. The molecule has 104 valence electrons. The van der Waals surface area contributed by atoms with E-state index in [0.29, 0.717) is 6.04 Å². The molecule has 0 aromatic heterocycles. The Balaban J connectivity index is 1.61. The number of hydrogen-bond acceptors (Lipinski definition) is 2. The molecule has 0 amide bonds. The number of benzene rings is 1. The van der Waals surface area contributed by atoms with Gasteiger partial charge in [-0.25, -0.2) is 0 Å². The zero-order valence-corrected chi connectivity index (χ0v) is 12.1. The highest BCUT2D eigenvalue weighted by molar-refractivity contribution is 5.35. The summed E-state index contributed by atoms with van der Waals surface area (Å²) in [5.74, 6) is 0. The number of rotatable bonds is 4. The molecule has 1 aromatic rings. The quantitative estimate of drug-likeness (QED) is 0.893. The van der Waals surface area contributed by atoms with Gasteiger partial charge in [0.15, 0.2) is 0 Å². The van der Waals surface area contributed by atoms with Crippen LogP contribution in [-0.4, -0.2) is 30.6 Å². The van der Waals surface area contributed by atoms with Crippen molar-refractivity contribution in [2.45, 2.75) is 51.6 Å². The van der Waals surface area contributed by atoms with Crippen LogP contribution in [0.3, 0.4) is 0 Å². The van der Waals surface area contributed by atoms with Crippen LogP contribution >= 0.6 is 0 Å². The molecule has 19 heavy (non-hydrogen) atoms. The van der Waals surface area contributed by atoms with Crippen molar-refractivity contribution in [2.24, 2.45) is 0 Å². The minimum Gasteiger partial charge on any atom is -0.313 e. The number of aryl methyl sites for hydroxylation is 2. The lowest BCUT2D eigenvalue weighted by molar-refractivity contribution is 0.184. The van der Waals surface area contributed by atoms with E-state index in [9.17, 15) is 0 Å². The lowest BCUT2D eigenvalue weighted by Gasteiger charge is -2.33. The van der Waals surface area contributed by atoms with Crippen LogP contribution in [0.5, 0.6) is 0 Å². The number of nitrogens with zero attached hydrogens (tertiary/aromatic N) is 1. The van der Waals surface area contributed by atoms with Gasteiger partial charge in [-0.3, -0.25) is 4.90 Å². The second-order valence-corrected chi connectivity index (χ2v) is 6.09. The van der Waals surface area contributed by atoms with Gasteiger partial charge in [0, 0.05) is 19.1 Å². The summed E-state index contributed by atoms with van der Waals surface area (Å²) in [5, 5.41) is 3.60. The first kappa shape index (κ1) is 13.1. The van der Waals surface area contributed by atoms with Gasteiger partial charge in [-0.1, -0.05) is 25.1 Å². The van der Waals surface area contributed by atoms with Crippen LogP contribution in [0.4, 0.5) is 0 Å². The van der Waals surface area contributed by atoms with E-state index in [-0.39, 0.29) is 0 Å². The number of fused-ring (bicyclic) bond motifs is 1. The zero-order chi connectivity index (χ0) is 13.1. The lowest BCUT2D eigenvalue weighted by Crippen LogP contribution is -2.45. The Kier molecular flexibility index (Phi) is 4.19. The fraction of sp³-hybridized carbons (Fsp3) is 0.647. The van der Waals surface area contributed by atoms with Crippen LogP contribution in [0.2, 0.25) is 0 Å². The van der Waals surface area contributed by atoms with Crippen LogP contribution in [-0.2, 0) is 19.4 Å². The van der Waals surface area contributed by atoms with Crippen molar-refractivity contribution in [1.29, 1.82) is 0 Å². The van der Waals surface area contributed by atoms with E-state index in [1.165, 1.54) is 50.8 Å². The molecule has 1 fully saturated rings. The molecule has 1 aromatic carbocycles. The highest BCUT2D eigenvalue weighted by atomic mass is 15.2. The van der Waals surface area contributed by atoms with Gasteiger partial charge in [-0.05, 0) is 61.9 Å². The summed E-state index contributed by atoms with van der Waals surface area (Å²) in [6.45, 7) is 6.91. The van der Waals surface area contributed by atoms with Crippen molar-refractivity contribution in [3.63, 3.8) is 0 Å². The van der Waals surface area contributed by atoms with E-state index < -0.39 is 0 Å².